The predicted molar refractivity (Wildman–Crippen MR) is 107 cm³/mol. The van der Waals surface area contributed by atoms with Crippen LogP contribution >= 0.6 is 28.1 Å². The number of carbonyl (C=O) groups is 1. The van der Waals surface area contributed by atoms with Gasteiger partial charge in [-0.05, 0) is 61.0 Å². The van der Waals surface area contributed by atoms with Crippen LogP contribution in [0.2, 0.25) is 0 Å². The van der Waals surface area contributed by atoms with E-state index in [1.807, 2.05) is 17.0 Å². The topological polar surface area (TPSA) is 69.0 Å². The number of nitrogens with zero attached hydrogens (tertiary/aromatic N) is 1. The first-order valence-corrected chi connectivity index (χ1v) is 9.56. The summed E-state index contributed by atoms with van der Waals surface area (Å²) in [4.78, 5) is 32.5. The average Bonchev–Trinajstić information content (AvgIpc) is 3.10. The van der Waals surface area contributed by atoms with Crippen molar-refractivity contribution >= 4 is 45.0 Å². The summed E-state index contributed by atoms with van der Waals surface area (Å²) >= 11 is 8.53. The lowest BCUT2D eigenvalue weighted by molar-refractivity contribution is 0.0736. The van der Waals surface area contributed by atoms with E-state index in [4.69, 9.17) is 12.2 Å². The van der Waals surface area contributed by atoms with Gasteiger partial charge in [0.25, 0.3) is 11.5 Å². The van der Waals surface area contributed by atoms with Gasteiger partial charge in [-0.2, -0.15) is 0 Å². The van der Waals surface area contributed by atoms with Crippen LogP contribution in [0.3, 0.4) is 0 Å². The molecule has 1 aromatic heterocycles. The van der Waals surface area contributed by atoms with Gasteiger partial charge in [-0.1, -0.05) is 28.1 Å². The van der Waals surface area contributed by atoms with E-state index < -0.39 is 0 Å². The van der Waals surface area contributed by atoms with E-state index in [1.165, 1.54) is 0 Å². The highest BCUT2D eigenvalue weighted by atomic mass is 79.9. The zero-order valence-corrected chi connectivity index (χ0v) is 16.2. The summed E-state index contributed by atoms with van der Waals surface area (Å²) < 4.78 is 1.26. The number of aromatic amines is 2. The molecule has 0 radical (unpaired) electrons. The van der Waals surface area contributed by atoms with Crippen molar-refractivity contribution in [3.05, 3.63) is 73.2 Å². The summed E-state index contributed by atoms with van der Waals surface area (Å²) in [5.74, 6) is -0.0334. The van der Waals surface area contributed by atoms with Crippen LogP contribution < -0.4 is 5.56 Å². The monoisotopic (exact) mass is 429 g/mol. The van der Waals surface area contributed by atoms with Crippen molar-refractivity contribution in [2.24, 2.45) is 0 Å². The van der Waals surface area contributed by atoms with Crippen molar-refractivity contribution in [1.29, 1.82) is 0 Å². The molecule has 0 aliphatic carbocycles. The predicted octanol–water partition coefficient (Wildman–Crippen LogP) is 4.33. The summed E-state index contributed by atoms with van der Waals surface area (Å²) in [6.07, 6.45) is 1.91. The summed E-state index contributed by atoms with van der Waals surface area (Å²) in [6, 6.07) is 13.2. The van der Waals surface area contributed by atoms with Gasteiger partial charge < -0.3 is 9.88 Å². The van der Waals surface area contributed by atoms with E-state index in [-0.39, 0.29) is 22.3 Å². The summed E-state index contributed by atoms with van der Waals surface area (Å²) in [7, 11) is 0. The Morgan fingerprint density at radius 3 is 2.85 bits per heavy atom. The van der Waals surface area contributed by atoms with Gasteiger partial charge >= 0.3 is 0 Å². The second kappa shape index (κ2) is 6.81. The third kappa shape index (κ3) is 3.12. The number of hydrogen-bond donors (Lipinski definition) is 2. The Hall–Kier alpha value is -2.25. The number of rotatable bonds is 2. The second-order valence-electron chi connectivity index (χ2n) is 6.38. The molecule has 1 atom stereocenters. The maximum atomic E-state index is 13.1. The summed E-state index contributed by atoms with van der Waals surface area (Å²) in [6.45, 7) is 0.722. The van der Waals surface area contributed by atoms with Crippen molar-refractivity contribution in [3.63, 3.8) is 0 Å². The Morgan fingerprint density at radius 1 is 1.19 bits per heavy atom. The zero-order chi connectivity index (χ0) is 18.3. The molecule has 5 nitrogen and oxygen atoms in total. The summed E-state index contributed by atoms with van der Waals surface area (Å²) in [5, 5.41) is 0.486. The van der Waals surface area contributed by atoms with E-state index in [1.54, 1.807) is 18.2 Å². The van der Waals surface area contributed by atoms with E-state index in [9.17, 15) is 9.59 Å². The quantitative estimate of drug-likeness (QED) is 0.595. The van der Waals surface area contributed by atoms with Gasteiger partial charge in [0.2, 0.25) is 0 Å². The summed E-state index contributed by atoms with van der Waals surface area (Å²) in [5.41, 5.74) is 2.00. The van der Waals surface area contributed by atoms with Gasteiger partial charge in [-0.15, -0.1) is 0 Å². The number of H-pyrrole nitrogens is 2. The van der Waals surface area contributed by atoms with Crippen LogP contribution in [0.15, 0.2) is 51.7 Å². The number of aromatic nitrogens is 2. The van der Waals surface area contributed by atoms with Crippen LogP contribution in [0.25, 0.3) is 10.9 Å². The molecule has 2 N–H and O–H groups in total. The largest absolute Gasteiger partial charge is 0.332 e. The Kier molecular flexibility index (Phi) is 4.50. The molecule has 1 amide bonds. The highest BCUT2D eigenvalue weighted by molar-refractivity contribution is 9.10. The Morgan fingerprint density at radius 2 is 2.04 bits per heavy atom. The number of benzene rings is 2. The molecule has 2 aromatic carbocycles. The molecule has 1 fully saturated rings. The highest BCUT2D eigenvalue weighted by Gasteiger charge is 2.30. The minimum Gasteiger partial charge on any atom is -0.332 e. The number of amides is 1. The zero-order valence-electron chi connectivity index (χ0n) is 13.8. The van der Waals surface area contributed by atoms with Crippen molar-refractivity contribution in [1.82, 2.24) is 14.9 Å². The number of carbonyl (C=O) groups excluding carboxylic acids is 1. The van der Waals surface area contributed by atoms with Gasteiger partial charge in [-0.3, -0.25) is 14.6 Å². The smallest absolute Gasteiger partial charge is 0.259 e. The molecule has 4 rings (SSSR count). The fourth-order valence-corrected chi connectivity index (χ4v) is 4.16. The molecule has 0 bridgehead atoms. The minimum absolute atomic E-state index is 0.0334. The van der Waals surface area contributed by atoms with Crippen LogP contribution in [0.5, 0.6) is 0 Å². The SMILES string of the molecule is O=C(c1ccc2c(=O)[nH]c(=S)[nH]c2c1)N1CCC[C@H]1c1cccc(Br)c1. The molecule has 7 heteroatoms. The molecule has 132 valence electrons. The van der Waals surface area contributed by atoms with Crippen molar-refractivity contribution in [3.8, 4) is 0 Å². The standard InChI is InChI=1S/C19H16BrN3O2S/c20-13-4-1-3-11(9-13)16-5-2-8-23(16)18(25)12-6-7-14-15(10-12)21-19(26)22-17(14)24/h1,3-4,6-7,9-10,16H,2,5,8H2,(H2,21,22,24,26)/t16-/m0/s1. The molecule has 1 aliphatic rings. The lowest BCUT2D eigenvalue weighted by Crippen LogP contribution is -2.30. The van der Waals surface area contributed by atoms with E-state index >= 15 is 0 Å². The molecular formula is C19H16BrN3O2S. The number of hydrogen-bond acceptors (Lipinski definition) is 3. The van der Waals surface area contributed by atoms with Crippen molar-refractivity contribution < 1.29 is 4.79 Å². The van der Waals surface area contributed by atoms with E-state index in [2.05, 4.69) is 38.0 Å². The lowest BCUT2D eigenvalue weighted by atomic mass is 10.0. The molecule has 2 heterocycles. The molecule has 1 aliphatic heterocycles. The van der Waals surface area contributed by atoms with Crippen molar-refractivity contribution in [2.45, 2.75) is 18.9 Å². The minimum atomic E-state index is -0.254. The van der Waals surface area contributed by atoms with Gasteiger partial charge in [0.1, 0.15) is 0 Å². The van der Waals surface area contributed by atoms with E-state index in [0.717, 1.165) is 29.4 Å². The molecule has 3 aromatic rings. The first-order chi connectivity index (χ1) is 12.5. The van der Waals surface area contributed by atoms with Gasteiger partial charge in [0.05, 0.1) is 16.9 Å². The van der Waals surface area contributed by atoms with Crippen LogP contribution in [0.1, 0.15) is 34.8 Å². The number of fused-ring (bicyclic) bond motifs is 1. The van der Waals surface area contributed by atoms with Gasteiger partial charge in [0.15, 0.2) is 4.77 Å². The highest BCUT2D eigenvalue weighted by Crippen LogP contribution is 2.34. The van der Waals surface area contributed by atoms with Crippen LogP contribution in [0, 0.1) is 4.77 Å². The molecule has 26 heavy (non-hydrogen) atoms. The number of halogens is 1. The average molecular weight is 430 g/mol. The van der Waals surface area contributed by atoms with Crippen LogP contribution in [-0.4, -0.2) is 27.3 Å². The first kappa shape index (κ1) is 17.2. The fourth-order valence-electron chi connectivity index (χ4n) is 3.54. The molecule has 0 unspecified atom stereocenters. The molecule has 0 spiro atoms. The number of nitrogens with one attached hydrogen (secondary N) is 2. The molecule has 1 saturated heterocycles. The van der Waals surface area contributed by atoms with Gasteiger partial charge in [-0.25, -0.2) is 0 Å². The molecular weight excluding hydrogens is 414 g/mol. The van der Waals surface area contributed by atoms with Gasteiger partial charge in [0, 0.05) is 16.6 Å². The van der Waals surface area contributed by atoms with Crippen molar-refractivity contribution in [2.75, 3.05) is 6.54 Å². The second-order valence-corrected chi connectivity index (χ2v) is 7.70. The van der Waals surface area contributed by atoms with Crippen LogP contribution in [0.4, 0.5) is 0 Å². The Labute approximate surface area is 163 Å². The van der Waals surface area contributed by atoms with Crippen LogP contribution in [-0.2, 0) is 0 Å². The first-order valence-electron chi connectivity index (χ1n) is 8.36. The maximum Gasteiger partial charge on any atom is 0.259 e. The Bertz CT molecular complexity index is 1120. The Balaban J connectivity index is 1.71. The number of likely N-dealkylation sites (tertiary alicyclic amines) is 1. The third-order valence-electron chi connectivity index (χ3n) is 4.73. The normalized spacial score (nSPS) is 17.0. The fraction of sp³-hybridized carbons (Fsp3) is 0.211. The third-order valence-corrected chi connectivity index (χ3v) is 5.43. The maximum absolute atomic E-state index is 13.1. The lowest BCUT2D eigenvalue weighted by Gasteiger charge is -2.25. The molecule has 0 saturated carbocycles. The van der Waals surface area contributed by atoms with E-state index in [0.29, 0.717) is 16.5 Å².